The van der Waals surface area contributed by atoms with Gasteiger partial charge in [-0.05, 0) is 55.9 Å². The average Bonchev–Trinajstić information content (AvgIpc) is 3.71. The Bertz CT molecular complexity index is 1750. The summed E-state index contributed by atoms with van der Waals surface area (Å²) in [6.07, 6.45) is 6.33. The lowest BCUT2D eigenvalue weighted by molar-refractivity contribution is -0.167. The number of aromatic nitrogens is 2. The van der Waals surface area contributed by atoms with Gasteiger partial charge in [-0.15, -0.1) is 11.3 Å². The molecule has 2 fully saturated rings. The molecule has 0 bridgehead atoms. The number of aryl methyl sites for hydroxylation is 2. The van der Waals surface area contributed by atoms with E-state index in [2.05, 4.69) is 15.2 Å². The van der Waals surface area contributed by atoms with Gasteiger partial charge in [0.1, 0.15) is 11.4 Å². The third-order valence-electron chi connectivity index (χ3n) is 8.48. The van der Waals surface area contributed by atoms with Crippen LogP contribution in [0.3, 0.4) is 0 Å². The van der Waals surface area contributed by atoms with Gasteiger partial charge in [0.2, 0.25) is 0 Å². The zero-order chi connectivity index (χ0) is 31.0. The highest BCUT2D eigenvalue weighted by atomic mass is 35.5. The molecular formula is C32H32ClFN4O5S. The van der Waals surface area contributed by atoms with Crippen LogP contribution in [-0.2, 0) is 34.2 Å². The first-order valence-electron chi connectivity index (χ1n) is 14.6. The van der Waals surface area contributed by atoms with Gasteiger partial charge >= 0.3 is 5.97 Å². The maximum atomic E-state index is 15.3. The minimum Gasteiger partial charge on any atom is -0.481 e. The van der Waals surface area contributed by atoms with Crippen molar-refractivity contribution in [2.45, 2.75) is 56.7 Å². The number of nitrogens with zero attached hydrogens (tertiary/aromatic N) is 3. The summed E-state index contributed by atoms with van der Waals surface area (Å²) in [5.41, 5.74) is 0.666. The number of carbonyl (C=O) groups excluding carboxylic acids is 2. The third-order valence-corrected chi connectivity index (χ3v) is 9.91. The van der Waals surface area contributed by atoms with Crippen molar-refractivity contribution in [3.63, 3.8) is 0 Å². The number of ketones is 1. The van der Waals surface area contributed by atoms with E-state index in [1.54, 1.807) is 12.4 Å². The van der Waals surface area contributed by atoms with E-state index in [-0.39, 0.29) is 41.0 Å². The zero-order valence-electron chi connectivity index (χ0n) is 24.1. The van der Waals surface area contributed by atoms with Gasteiger partial charge in [0, 0.05) is 54.7 Å². The van der Waals surface area contributed by atoms with Crippen molar-refractivity contribution < 1.29 is 28.6 Å². The van der Waals surface area contributed by atoms with Crippen LogP contribution in [0.5, 0.6) is 0 Å². The monoisotopic (exact) mass is 638 g/mol. The van der Waals surface area contributed by atoms with Crippen molar-refractivity contribution in [1.29, 1.82) is 0 Å². The van der Waals surface area contributed by atoms with Gasteiger partial charge in [-0.1, -0.05) is 29.8 Å². The van der Waals surface area contributed by atoms with Crippen LogP contribution in [0, 0.1) is 5.82 Å². The number of benzene rings is 2. The summed E-state index contributed by atoms with van der Waals surface area (Å²) in [5, 5.41) is 13.4. The number of carboxylic acids is 1. The van der Waals surface area contributed by atoms with Crippen LogP contribution >= 0.6 is 22.9 Å². The number of hydrogen-bond acceptors (Lipinski definition) is 7. The highest BCUT2D eigenvalue weighted by molar-refractivity contribution is 7.15. The van der Waals surface area contributed by atoms with Crippen LogP contribution in [0.1, 0.15) is 52.9 Å². The van der Waals surface area contributed by atoms with Crippen molar-refractivity contribution in [2.24, 2.45) is 7.05 Å². The first kappa shape index (κ1) is 30.2. The minimum absolute atomic E-state index is 0.0618. The fourth-order valence-corrected chi connectivity index (χ4v) is 7.11. The van der Waals surface area contributed by atoms with Gasteiger partial charge < -0.3 is 24.6 Å². The average molecular weight is 639 g/mol. The summed E-state index contributed by atoms with van der Waals surface area (Å²) in [6, 6.07) is 10.1. The molecule has 1 saturated heterocycles. The molecule has 12 heteroatoms. The normalized spacial score (nSPS) is 17.5. The third kappa shape index (κ3) is 6.09. The molecule has 44 heavy (non-hydrogen) atoms. The Labute approximate surface area is 262 Å². The molecule has 2 aromatic carbocycles. The number of aliphatic carboxylic acids is 1. The van der Waals surface area contributed by atoms with Crippen molar-refractivity contribution in [3.8, 4) is 0 Å². The first-order chi connectivity index (χ1) is 21.1. The Balaban J connectivity index is 1.09. The summed E-state index contributed by atoms with van der Waals surface area (Å²) < 4.78 is 23.6. The van der Waals surface area contributed by atoms with Gasteiger partial charge in [-0.2, -0.15) is 0 Å². The summed E-state index contributed by atoms with van der Waals surface area (Å²) in [5.74, 6) is -2.06. The van der Waals surface area contributed by atoms with Crippen molar-refractivity contribution in [1.82, 2.24) is 9.55 Å². The van der Waals surface area contributed by atoms with Crippen LogP contribution in [0.2, 0.25) is 5.02 Å². The lowest BCUT2D eigenvalue weighted by atomic mass is 9.75. The Kier molecular flexibility index (Phi) is 8.45. The SMILES string of the molecule is Cn1cc(C(=O)Nc2cc(F)c(CC(=O)C3(O[C@H]4CCN(c5ncc(CCC(=O)O)s5)C4)CCC3)cc2Cl)c2ccccc21. The van der Waals surface area contributed by atoms with E-state index in [1.165, 1.54) is 17.4 Å². The lowest BCUT2D eigenvalue weighted by Crippen LogP contribution is -2.51. The molecule has 3 heterocycles. The molecule has 2 aromatic heterocycles. The van der Waals surface area contributed by atoms with E-state index < -0.39 is 23.3 Å². The van der Waals surface area contributed by atoms with E-state index >= 15 is 4.39 Å². The molecule has 9 nitrogen and oxygen atoms in total. The predicted molar refractivity (Wildman–Crippen MR) is 167 cm³/mol. The highest BCUT2D eigenvalue weighted by Crippen LogP contribution is 2.41. The Morgan fingerprint density at radius 2 is 2.05 bits per heavy atom. The summed E-state index contributed by atoms with van der Waals surface area (Å²) >= 11 is 7.96. The fourth-order valence-electron chi connectivity index (χ4n) is 5.93. The number of amides is 1. The van der Waals surface area contributed by atoms with Crippen molar-refractivity contribution in [2.75, 3.05) is 23.3 Å². The van der Waals surface area contributed by atoms with E-state index in [4.69, 9.17) is 21.4 Å². The summed E-state index contributed by atoms with van der Waals surface area (Å²) in [7, 11) is 1.85. The molecule has 1 atom stereocenters. The van der Waals surface area contributed by atoms with E-state index in [0.717, 1.165) is 46.4 Å². The van der Waals surface area contributed by atoms with Crippen LogP contribution in [0.4, 0.5) is 15.2 Å². The van der Waals surface area contributed by atoms with E-state index in [0.29, 0.717) is 31.4 Å². The molecule has 1 aliphatic carbocycles. The second kappa shape index (κ2) is 12.3. The van der Waals surface area contributed by atoms with Crippen LogP contribution < -0.4 is 10.2 Å². The molecular weight excluding hydrogens is 607 g/mol. The molecule has 1 aliphatic heterocycles. The quantitative estimate of drug-likeness (QED) is 0.206. The Morgan fingerprint density at radius 3 is 2.80 bits per heavy atom. The highest BCUT2D eigenvalue weighted by Gasteiger charge is 2.47. The molecule has 230 valence electrons. The second-order valence-corrected chi connectivity index (χ2v) is 13.0. The maximum Gasteiger partial charge on any atom is 0.303 e. The van der Waals surface area contributed by atoms with Crippen LogP contribution in [0.25, 0.3) is 10.9 Å². The van der Waals surface area contributed by atoms with Crippen LogP contribution in [-0.4, -0.2) is 57.1 Å². The van der Waals surface area contributed by atoms with Crippen molar-refractivity contribution >= 4 is 62.3 Å². The molecule has 1 amide bonds. The topological polar surface area (TPSA) is 114 Å². The smallest absolute Gasteiger partial charge is 0.303 e. The molecule has 6 rings (SSSR count). The molecule has 2 N–H and O–H groups in total. The maximum absolute atomic E-state index is 15.3. The second-order valence-electron chi connectivity index (χ2n) is 11.5. The number of fused-ring (bicyclic) bond motifs is 1. The number of rotatable bonds is 11. The molecule has 0 spiro atoms. The molecule has 0 unspecified atom stereocenters. The van der Waals surface area contributed by atoms with Gasteiger partial charge in [-0.3, -0.25) is 14.4 Å². The number of halogens is 2. The fraction of sp³-hybridized carbons (Fsp3) is 0.375. The number of carbonyl (C=O) groups is 3. The molecule has 1 saturated carbocycles. The number of anilines is 2. The standard InChI is InChI=1S/C32H32ClFN4O5S/c1-37-18-23(22-5-2-3-6-27(22)37)30(42)36-26-15-25(34)19(13-24(26)33)14-28(39)32(10-4-11-32)43-20-9-12-38(17-20)31-35-16-21(44-31)7-8-29(40)41/h2-3,5-6,13,15-16,18,20H,4,7-12,14,17H2,1H3,(H,36,42)(H,40,41)/t20-/m0/s1. The van der Waals surface area contributed by atoms with Crippen LogP contribution in [0.15, 0.2) is 48.8 Å². The van der Waals surface area contributed by atoms with Crippen molar-refractivity contribution in [3.05, 3.63) is 75.6 Å². The largest absolute Gasteiger partial charge is 0.481 e. The minimum atomic E-state index is -0.962. The zero-order valence-corrected chi connectivity index (χ0v) is 25.7. The van der Waals surface area contributed by atoms with E-state index in [9.17, 15) is 14.4 Å². The number of thiazole rings is 1. The summed E-state index contributed by atoms with van der Waals surface area (Å²) in [4.78, 5) is 45.0. The Morgan fingerprint density at radius 1 is 1.25 bits per heavy atom. The van der Waals surface area contributed by atoms with Gasteiger partial charge in [-0.25, -0.2) is 9.37 Å². The van der Waals surface area contributed by atoms with Gasteiger partial charge in [0.05, 0.1) is 28.8 Å². The number of Topliss-reactive ketones (excluding diaryl/α,β-unsaturated/α-hetero) is 1. The predicted octanol–water partition coefficient (Wildman–Crippen LogP) is 6.03. The molecule has 0 radical (unpaired) electrons. The number of carboxylic acid groups (broad SMARTS) is 1. The van der Waals surface area contributed by atoms with Gasteiger partial charge in [0.25, 0.3) is 5.91 Å². The van der Waals surface area contributed by atoms with E-state index in [1.807, 2.05) is 35.9 Å². The molecule has 4 aromatic rings. The number of ether oxygens (including phenoxy) is 1. The Hall–Kier alpha value is -3.80. The number of para-hydroxylation sites is 1. The number of hydrogen-bond donors (Lipinski definition) is 2. The molecule has 2 aliphatic rings. The summed E-state index contributed by atoms with van der Waals surface area (Å²) in [6.45, 7) is 1.29. The lowest BCUT2D eigenvalue weighted by Gasteiger charge is -2.42. The van der Waals surface area contributed by atoms with Gasteiger partial charge in [0.15, 0.2) is 10.9 Å². The number of nitrogens with one attached hydrogen (secondary N) is 1. The first-order valence-corrected chi connectivity index (χ1v) is 15.8.